The molecule has 5 heteroatoms. The van der Waals surface area contributed by atoms with Crippen LogP contribution in [0.25, 0.3) is 0 Å². The Balaban J connectivity index is 2.82. The maximum absolute atomic E-state index is 8.70. The second-order valence-electron chi connectivity index (χ2n) is 4.63. The summed E-state index contributed by atoms with van der Waals surface area (Å²) >= 11 is 6.20. The molecule has 0 aliphatic heterocycles. The molecule has 0 saturated carbocycles. The van der Waals surface area contributed by atoms with E-state index in [0.717, 1.165) is 24.6 Å². The smallest absolute Gasteiger partial charge is 0.126 e. The van der Waals surface area contributed by atoms with Gasteiger partial charge in [0.15, 0.2) is 0 Å². The van der Waals surface area contributed by atoms with Crippen molar-refractivity contribution < 1.29 is 0 Å². The molecule has 104 valence electrons. The molecule has 0 unspecified atom stereocenters. The maximum atomic E-state index is 8.70. The van der Waals surface area contributed by atoms with Crippen molar-refractivity contribution in [3.8, 4) is 6.07 Å². The van der Waals surface area contributed by atoms with Gasteiger partial charge in [-0.3, -0.25) is 4.90 Å². The van der Waals surface area contributed by atoms with Crippen LogP contribution in [0, 0.1) is 11.3 Å². The molecular weight excluding hydrogens is 260 g/mol. The van der Waals surface area contributed by atoms with Gasteiger partial charge in [0.2, 0.25) is 0 Å². The van der Waals surface area contributed by atoms with Gasteiger partial charge in [-0.25, -0.2) is 4.98 Å². The van der Waals surface area contributed by atoms with Crippen LogP contribution in [0.4, 0.5) is 5.82 Å². The van der Waals surface area contributed by atoms with Gasteiger partial charge in [0.1, 0.15) is 5.82 Å². The van der Waals surface area contributed by atoms with E-state index in [2.05, 4.69) is 35.1 Å². The number of nitriles is 1. The number of halogens is 1. The molecule has 0 bridgehead atoms. The van der Waals surface area contributed by atoms with Crippen LogP contribution in [0.2, 0.25) is 5.02 Å². The van der Waals surface area contributed by atoms with Crippen LogP contribution >= 0.6 is 11.6 Å². The van der Waals surface area contributed by atoms with E-state index >= 15 is 0 Å². The Labute approximate surface area is 120 Å². The summed E-state index contributed by atoms with van der Waals surface area (Å²) in [6.45, 7) is 8.48. The first kappa shape index (κ1) is 15.7. The average molecular weight is 281 g/mol. The minimum Gasteiger partial charge on any atom is -0.370 e. The zero-order chi connectivity index (χ0) is 14.3. The molecule has 1 aromatic heterocycles. The lowest BCUT2D eigenvalue weighted by Gasteiger charge is -2.25. The monoisotopic (exact) mass is 280 g/mol. The maximum Gasteiger partial charge on any atom is 0.126 e. The van der Waals surface area contributed by atoms with Crippen molar-refractivity contribution in [1.82, 2.24) is 9.88 Å². The van der Waals surface area contributed by atoms with Crippen molar-refractivity contribution >= 4 is 17.4 Å². The topological polar surface area (TPSA) is 52.0 Å². The summed E-state index contributed by atoms with van der Waals surface area (Å²) in [5, 5.41) is 12.6. The van der Waals surface area contributed by atoms with Gasteiger partial charge in [0, 0.05) is 32.1 Å². The predicted octanol–water partition coefficient (Wildman–Crippen LogP) is 3.29. The minimum atomic E-state index is 0.356. The van der Waals surface area contributed by atoms with Gasteiger partial charge < -0.3 is 5.32 Å². The summed E-state index contributed by atoms with van der Waals surface area (Å²) in [5.74, 6) is 0.839. The van der Waals surface area contributed by atoms with Gasteiger partial charge in [-0.1, -0.05) is 11.6 Å². The van der Waals surface area contributed by atoms with E-state index in [1.807, 2.05) is 19.1 Å². The van der Waals surface area contributed by atoms with Gasteiger partial charge in [0.05, 0.1) is 16.8 Å². The van der Waals surface area contributed by atoms with Gasteiger partial charge in [-0.15, -0.1) is 0 Å². The number of nitrogens with one attached hydrogen (secondary N) is 1. The molecule has 1 aromatic rings. The second-order valence-corrected chi connectivity index (χ2v) is 5.03. The number of nitrogens with zero attached hydrogens (tertiary/aromatic N) is 3. The van der Waals surface area contributed by atoms with E-state index in [-0.39, 0.29) is 0 Å². The zero-order valence-electron chi connectivity index (χ0n) is 11.8. The Kier molecular flexibility index (Phi) is 6.61. The SMILES string of the molecule is CCNc1ccc(Cl)c(CN(CCC#N)C(C)C)n1. The van der Waals surface area contributed by atoms with Crippen molar-refractivity contribution in [2.24, 2.45) is 0 Å². The highest BCUT2D eigenvalue weighted by Gasteiger charge is 2.13. The molecule has 0 saturated heterocycles. The standard InChI is InChI=1S/C14H21ClN4/c1-4-17-14-7-6-12(15)13(18-14)10-19(11(2)3)9-5-8-16/h6-7,11H,4-5,9-10H2,1-3H3,(H,17,18). The number of rotatable bonds is 7. The third-order valence-corrected chi connectivity index (χ3v) is 3.21. The molecule has 0 radical (unpaired) electrons. The predicted molar refractivity (Wildman–Crippen MR) is 79.2 cm³/mol. The van der Waals surface area contributed by atoms with Gasteiger partial charge in [0.25, 0.3) is 0 Å². The summed E-state index contributed by atoms with van der Waals surface area (Å²) in [7, 11) is 0. The van der Waals surface area contributed by atoms with Crippen LogP contribution in [-0.2, 0) is 6.54 Å². The number of aromatic nitrogens is 1. The van der Waals surface area contributed by atoms with Crippen LogP contribution in [0.5, 0.6) is 0 Å². The van der Waals surface area contributed by atoms with E-state index in [1.54, 1.807) is 0 Å². The molecule has 0 aromatic carbocycles. The molecule has 1 heterocycles. The number of hydrogen-bond donors (Lipinski definition) is 1. The largest absolute Gasteiger partial charge is 0.370 e. The summed E-state index contributed by atoms with van der Waals surface area (Å²) in [5.41, 5.74) is 0.853. The first-order valence-corrected chi connectivity index (χ1v) is 6.96. The second kappa shape index (κ2) is 7.98. The van der Waals surface area contributed by atoms with Crippen LogP contribution in [0.15, 0.2) is 12.1 Å². The van der Waals surface area contributed by atoms with Crippen LogP contribution in [-0.4, -0.2) is 29.0 Å². The van der Waals surface area contributed by atoms with Crippen molar-refractivity contribution in [1.29, 1.82) is 5.26 Å². The average Bonchev–Trinajstić information content (AvgIpc) is 2.38. The van der Waals surface area contributed by atoms with Crippen molar-refractivity contribution in [3.63, 3.8) is 0 Å². The van der Waals surface area contributed by atoms with Gasteiger partial charge >= 0.3 is 0 Å². The fraction of sp³-hybridized carbons (Fsp3) is 0.571. The molecule has 1 N–H and O–H groups in total. The highest BCUT2D eigenvalue weighted by atomic mass is 35.5. The zero-order valence-corrected chi connectivity index (χ0v) is 12.5. The molecule has 0 spiro atoms. The van der Waals surface area contributed by atoms with Crippen LogP contribution in [0.3, 0.4) is 0 Å². The Bertz CT molecular complexity index is 440. The van der Waals surface area contributed by atoms with Crippen molar-refractivity contribution in [3.05, 3.63) is 22.8 Å². The van der Waals surface area contributed by atoms with E-state index in [9.17, 15) is 0 Å². The lowest BCUT2D eigenvalue weighted by atomic mass is 10.2. The van der Waals surface area contributed by atoms with Crippen molar-refractivity contribution in [2.45, 2.75) is 39.8 Å². The molecule has 19 heavy (non-hydrogen) atoms. The molecule has 0 atom stereocenters. The van der Waals surface area contributed by atoms with Gasteiger partial charge in [-0.2, -0.15) is 5.26 Å². The summed E-state index contributed by atoms with van der Waals surface area (Å²) in [4.78, 5) is 6.73. The Morgan fingerprint density at radius 2 is 2.21 bits per heavy atom. The molecule has 0 fully saturated rings. The first-order chi connectivity index (χ1) is 9.08. The van der Waals surface area contributed by atoms with Gasteiger partial charge in [-0.05, 0) is 32.9 Å². The lowest BCUT2D eigenvalue weighted by molar-refractivity contribution is 0.215. The summed E-state index contributed by atoms with van der Waals surface area (Å²) in [6, 6.07) is 6.28. The third-order valence-electron chi connectivity index (χ3n) is 2.87. The fourth-order valence-corrected chi connectivity index (χ4v) is 1.95. The van der Waals surface area contributed by atoms with E-state index in [4.69, 9.17) is 16.9 Å². The highest BCUT2D eigenvalue weighted by molar-refractivity contribution is 6.31. The quantitative estimate of drug-likeness (QED) is 0.833. The Hall–Kier alpha value is -1.31. The van der Waals surface area contributed by atoms with Crippen molar-refractivity contribution in [2.75, 3.05) is 18.4 Å². The summed E-state index contributed by atoms with van der Waals surface area (Å²) < 4.78 is 0. The highest BCUT2D eigenvalue weighted by Crippen LogP contribution is 2.19. The molecule has 4 nitrogen and oxygen atoms in total. The first-order valence-electron chi connectivity index (χ1n) is 6.58. The van der Waals surface area contributed by atoms with Crippen LogP contribution in [0.1, 0.15) is 32.9 Å². The normalized spacial score (nSPS) is 10.8. The fourth-order valence-electron chi connectivity index (χ4n) is 1.78. The molecule has 0 aliphatic carbocycles. The Morgan fingerprint density at radius 3 is 2.79 bits per heavy atom. The number of anilines is 1. The molecule has 1 rings (SSSR count). The molecule has 0 amide bonds. The van der Waals surface area contributed by atoms with E-state index in [0.29, 0.717) is 24.0 Å². The summed E-state index contributed by atoms with van der Waals surface area (Å²) in [6.07, 6.45) is 0.517. The number of pyridine rings is 1. The lowest BCUT2D eigenvalue weighted by Crippen LogP contribution is -2.31. The van der Waals surface area contributed by atoms with E-state index in [1.165, 1.54) is 0 Å². The third kappa shape index (κ3) is 5.06. The van der Waals surface area contributed by atoms with E-state index < -0.39 is 0 Å². The molecule has 0 aliphatic rings. The minimum absolute atomic E-state index is 0.356. The van der Waals surface area contributed by atoms with Crippen LogP contribution < -0.4 is 5.32 Å². The molecular formula is C14H21ClN4. The number of hydrogen-bond acceptors (Lipinski definition) is 4. The Morgan fingerprint density at radius 1 is 1.47 bits per heavy atom.